The van der Waals surface area contributed by atoms with Gasteiger partial charge in [0.05, 0.1) is 18.1 Å². The molecule has 8 heteroatoms. The number of hydrogen-bond acceptors (Lipinski definition) is 7. The number of aliphatic hydroxyl groups excluding tert-OH is 1. The summed E-state index contributed by atoms with van der Waals surface area (Å²) >= 11 is 0. The molecule has 0 aromatic heterocycles. The molecule has 0 heterocycles. The number of carbonyl (C=O) groups excluding carboxylic acids is 1. The van der Waals surface area contributed by atoms with Gasteiger partial charge in [0.1, 0.15) is 12.6 Å². The average Bonchev–Trinajstić information content (AvgIpc) is 2.84. The van der Waals surface area contributed by atoms with Gasteiger partial charge in [-0.3, -0.25) is 20.2 Å². The molecule has 0 fully saturated rings. The van der Waals surface area contributed by atoms with Crippen molar-refractivity contribution in [2.45, 2.75) is 39.1 Å². The summed E-state index contributed by atoms with van der Waals surface area (Å²) in [6.45, 7) is 3.77. The van der Waals surface area contributed by atoms with Crippen LogP contribution in [0.2, 0.25) is 0 Å². The van der Waals surface area contributed by atoms with Gasteiger partial charge in [0.25, 0.3) is 0 Å². The van der Waals surface area contributed by atoms with E-state index in [4.69, 9.17) is 4.74 Å². The highest BCUT2D eigenvalue weighted by Crippen LogP contribution is 2.31. The Morgan fingerprint density at radius 3 is 2.50 bits per heavy atom. The van der Waals surface area contributed by atoms with Crippen LogP contribution in [0.3, 0.4) is 0 Å². The Kier molecular flexibility index (Phi) is 8.34. The smallest absolute Gasteiger partial charge is 0.325 e. The van der Waals surface area contributed by atoms with Crippen LogP contribution in [0.4, 0.5) is 5.69 Å². The summed E-state index contributed by atoms with van der Waals surface area (Å²) < 4.78 is 10.5. The van der Waals surface area contributed by atoms with E-state index in [2.05, 4.69) is 10.1 Å². The largest absolute Gasteiger partial charge is 0.482 e. The minimum atomic E-state index is -0.986. The molecule has 3 aromatic carbocycles. The maximum absolute atomic E-state index is 11.8. The van der Waals surface area contributed by atoms with Gasteiger partial charge in [-0.1, -0.05) is 54.6 Å². The summed E-state index contributed by atoms with van der Waals surface area (Å²) in [6, 6.07) is 19.6. The van der Waals surface area contributed by atoms with Crippen molar-refractivity contribution in [2.75, 3.05) is 7.11 Å². The molecule has 2 N–H and O–H groups in total. The maximum atomic E-state index is 11.8. The van der Waals surface area contributed by atoms with E-state index >= 15 is 0 Å². The molecule has 0 saturated carbocycles. The number of methoxy groups -OCH3 is 1. The average molecular weight is 465 g/mol. The summed E-state index contributed by atoms with van der Waals surface area (Å²) in [5.41, 5.74) is 4.53. The van der Waals surface area contributed by atoms with Crippen LogP contribution in [0.25, 0.3) is 11.1 Å². The number of benzene rings is 3. The van der Waals surface area contributed by atoms with Crippen LogP contribution in [0.1, 0.15) is 23.6 Å². The lowest BCUT2D eigenvalue weighted by Crippen LogP contribution is -2.45. The quantitative estimate of drug-likeness (QED) is 0.263. The fraction of sp³-hybridized carbons (Fsp3) is 0.269. The van der Waals surface area contributed by atoms with Crippen LogP contribution >= 0.6 is 0 Å². The van der Waals surface area contributed by atoms with Crippen molar-refractivity contribution in [2.24, 2.45) is 0 Å². The van der Waals surface area contributed by atoms with E-state index in [1.54, 1.807) is 12.1 Å². The molecular formula is C26H28N2O6. The number of carbonyl (C=O) groups is 1. The van der Waals surface area contributed by atoms with Crippen LogP contribution in [-0.4, -0.2) is 35.3 Å². The normalized spacial score (nSPS) is 12.6. The number of ether oxygens (including phenoxy) is 2. The first-order valence-corrected chi connectivity index (χ1v) is 10.8. The molecule has 0 aliphatic rings. The predicted molar refractivity (Wildman–Crippen MR) is 128 cm³/mol. The van der Waals surface area contributed by atoms with Gasteiger partial charge in [-0.05, 0) is 47.7 Å². The van der Waals surface area contributed by atoms with E-state index < -0.39 is 23.0 Å². The SMILES string of the molecule is COC(=O)C(NCc1ccc(OCc2cccc(-c3ccccc3)c2C)c([N+](=O)[O-])c1)C(C)O. The van der Waals surface area contributed by atoms with Gasteiger partial charge in [0.15, 0.2) is 5.75 Å². The monoisotopic (exact) mass is 464 g/mol. The fourth-order valence-electron chi connectivity index (χ4n) is 3.67. The first-order valence-electron chi connectivity index (χ1n) is 10.8. The summed E-state index contributed by atoms with van der Waals surface area (Å²) in [5.74, 6) is -0.462. The lowest BCUT2D eigenvalue weighted by molar-refractivity contribution is -0.386. The van der Waals surface area contributed by atoms with E-state index in [0.717, 1.165) is 22.3 Å². The second kappa shape index (κ2) is 11.4. The van der Waals surface area contributed by atoms with Crippen LogP contribution in [0.5, 0.6) is 5.75 Å². The molecule has 0 saturated heterocycles. The molecule has 0 aliphatic heterocycles. The van der Waals surface area contributed by atoms with Gasteiger partial charge in [0, 0.05) is 12.6 Å². The second-order valence-electron chi connectivity index (χ2n) is 7.93. The van der Waals surface area contributed by atoms with Crippen molar-refractivity contribution in [3.05, 3.63) is 93.5 Å². The summed E-state index contributed by atoms with van der Waals surface area (Å²) in [7, 11) is 1.23. The molecule has 0 aliphatic carbocycles. The van der Waals surface area contributed by atoms with Gasteiger partial charge in [-0.25, -0.2) is 0 Å². The number of nitrogens with zero attached hydrogens (tertiary/aromatic N) is 1. The first-order chi connectivity index (χ1) is 16.3. The van der Waals surface area contributed by atoms with Crippen molar-refractivity contribution in [3.8, 4) is 16.9 Å². The lowest BCUT2D eigenvalue weighted by atomic mass is 9.97. The number of nitro groups is 1. The minimum absolute atomic E-state index is 0.129. The summed E-state index contributed by atoms with van der Waals surface area (Å²) in [4.78, 5) is 23.0. The molecule has 2 unspecified atom stereocenters. The van der Waals surface area contributed by atoms with Crippen molar-refractivity contribution < 1.29 is 24.3 Å². The van der Waals surface area contributed by atoms with Crippen LogP contribution in [0, 0.1) is 17.0 Å². The molecule has 8 nitrogen and oxygen atoms in total. The molecule has 0 spiro atoms. The Balaban J connectivity index is 1.76. The standard InChI is InChI=1S/C26H28N2O6/c1-17-21(10-7-11-22(17)20-8-5-4-6-9-20)16-34-24-13-12-19(14-23(24)28(31)32)15-27-25(18(2)29)26(30)33-3/h4-14,18,25,27,29H,15-16H2,1-3H3. The third-order valence-electron chi connectivity index (χ3n) is 5.60. The van der Waals surface area contributed by atoms with Gasteiger partial charge in [-0.15, -0.1) is 0 Å². The molecule has 34 heavy (non-hydrogen) atoms. The van der Waals surface area contributed by atoms with Crippen molar-refractivity contribution >= 4 is 11.7 Å². The van der Waals surface area contributed by atoms with E-state index in [1.807, 2.05) is 55.5 Å². The van der Waals surface area contributed by atoms with E-state index in [-0.39, 0.29) is 24.6 Å². The summed E-state index contributed by atoms with van der Waals surface area (Å²) in [5, 5.41) is 24.3. The lowest BCUT2D eigenvalue weighted by Gasteiger charge is -2.19. The predicted octanol–water partition coefficient (Wildman–Crippen LogP) is 4.16. The fourth-order valence-corrected chi connectivity index (χ4v) is 3.67. The Bertz CT molecular complexity index is 1150. The van der Waals surface area contributed by atoms with Gasteiger partial charge in [-0.2, -0.15) is 0 Å². The number of aliphatic hydroxyl groups is 1. The first kappa shape index (κ1) is 24.9. The number of nitrogens with one attached hydrogen (secondary N) is 1. The zero-order valence-electron chi connectivity index (χ0n) is 19.4. The van der Waals surface area contributed by atoms with Gasteiger partial charge < -0.3 is 14.6 Å². The maximum Gasteiger partial charge on any atom is 0.325 e. The van der Waals surface area contributed by atoms with Crippen molar-refractivity contribution in [1.82, 2.24) is 5.32 Å². The Morgan fingerprint density at radius 2 is 1.85 bits per heavy atom. The molecular weight excluding hydrogens is 436 g/mol. The molecule has 2 atom stereocenters. The zero-order chi connectivity index (χ0) is 24.7. The zero-order valence-corrected chi connectivity index (χ0v) is 19.4. The molecule has 3 rings (SSSR count). The van der Waals surface area contributed by atoms with E-state index in [1.165, 1.54) is 20.1 Å². The highest BCUT2D eigenvalue weighted by Gasteiger charge is 2.24. The highest BCUT2D eigenvalue weighted by molar-refractivity contribution is 5.76. The molecule has 0 amide bonds. The van der Waals surface area contributed by atoms with Crippen LogP contribution < -0.4 is 10.1 Å². The number of esters is 1. The Morgan fingerprint density at radius 1 is 1.12 bits per heavy atom. The van der Waals surface area contributed by atoms with Crippen LogP contribution in [0.15, 0.2) is 66.7 Å². The van der Waals surface area contributed by atoms with E-state index in [9.17, 15) is 20.0 Å². The molecule has 3 aromatic rings. The van der Waals surface area contributed by atoms with Gasteiger partial charge in [0.2, 0.25) is 0 Å². The number of hydrogen-bond donors (Lipinski definition) is 2. The molecule has 178 valence electrons. The number of nitro benzene ring substituents is 1. The van der Waals surface area contributed by atoms with E-state index in [0.29, 0.717) is 5.56 Å². The molecule has 0 radical (unpaired) electrons. The third kappa shape index (κ3) is 5.98. The minimum Gasteiger partial charge on any atom is -0.482 e. The topological polar surface area (TPSA) is 111 Å². The number of rotatable bonds is 10. The van der Waals surface area contributed by atoms with Crippen molar-refractivity contribution in [3.63, 3.8) is 0 Å². The van der Waals surface area contributed by atoms with Crippen LogP contribution in [-0.2, 0) is 22.7 Å². The third-order valence-corrected chi connectivity index (χ3v) is 5.60. The Hall–Kier alpha value is -3.75. The highest BCUT2D eigenvalue weighted by atomic mass is 16.6. The van der Waals surface area contributed by atoms with Gasteiger partial charge >= 0.3 is 11.7 Å². The molecule has 0 bridgehead atoms. The van der Waals surface area contributed by atoms with Crippen molar-refractivity contribution in [1.29, 1.82) is 0 Å². The summed E-state index contributed by atoms with van der Waals surface area (Å²) in [6.07, 6.45) is -0.986. The Labute approximate surface area is 198 Å². The second-order valence-corrected chi connectivity index (χ2v) is 7.93.